The van der Waals surface area contributed by atoms with E-state index in [-0.39, 0.29) is 5.78 Å². The van der Waals surface area contributed by atoms with E-state index in [1.54, 1.807) is 0 Å². The van der Waals surface area contributed by atoms with E-state index < -0.39 is 0 Å². The number of carbonyl (C=O) groups excluding carboxylic acids is 1. The summed E-state index contributed by atoms with van der Waals surface area (Å²) < 4.78 is 0. The molecule has 2 nitrogen and oxygen atoms in total. The van der Waals surface area contributed by atoms with Gasteiger partial charge in [-0.25, -0.2) is 0 Å². The Morgan fingerprint density at radius 3 is 2.85 bits per heavy atom. The molecule has 1 atom stereocenters. The predicted octanol–water partition coefficient (Wildman–Crippen LogP) is 3.43. The second-order valence-electron chi connectivity index (χ2n) is 5.81. The lowest BCUT2D eigenvalue weighted by Gasteiger charge is -2.23. The summed E-state index contributed by atoms with van der Waals surface area (Å²) in [6.07, 6.45) is 6.81. The SMILES string of the molecule is CSCCC(C)N(C)CC(=O)c1ccc2c(c1)CCC2. The molecule has 0 spiro atoms. The van der Waals surface area contributed by atoms with Crippen LogP contribution in [0.2, 0.25) is 0 Å². The highest BCUT2D eigenvalue weighted by atomic mass is 32.2. The van der Waals surface area contributed by atoms with Crippen LogP contribution in [0.15, 0.2) is 18.2 Å². The highest BCUT2D eigenvalue weighted by Crippen LogP contribution is 2.23. The largest absolute Gasteiger partial charge is 0.296 e. The van der Waals surface area contributed by atoms with Crippen LogP contribution in [0.25, 0.3) is 0 Å². The molecule has 2 rings (SSSR count). The van der Waals surface area contributed by atoms with Crippen molar-refractivity contribution in [1.29, 1.82) is 0 Å². The van der Waals surface area contributed by atoms with Gasteiger partial charge in [0, 0.05) is 11.6 Å². The Bertz CT molecular complexity index is 472. The predicted molar refractivity (Wildman–Crippen MR) is 87.9 cm³/mol. The number of thioether (sulfide) groups is 1. The zero-order chi connectivity index (χ0) is 14.5. The summed E-state index contributed by atoms with van der Waals surface area (Å²) in [5.41, 5.74) is 3.70. The van der Waals surface area contributed by atoms with Crippen molar-refractivity contribution in [3.8, 4) is 0 Å². The normalized spacial score (nSPS) is 15.4. The molecule has 0 fully saturated rings. The average molecular weight is 291 g/mol. The average Bonchev–Trinajstić information content (AvgIpc) is 2.91. The monoisotopic (exact) mass is 291 g/mol. The van der Waals surface area contributed by atoms with Crippen molar-refractivity contribution in [2.45, 2.75) is 38.6 Å². The molecule has 110 valence electrons. The Kier molecular flexibility index (Phi) is 5.67. The third-order valence-corrected chi connectivity index (χ3v) is 4.95. The number of rotatable bonds is 7. The first-order valence-corrected chi connectivity index (χ1v) is 8.85. The number of nitrogens with zero attached hydrogens (tertiary/aromatic N) is 1. The standard InChI is InChI=1S/C17H25NOS/c1-13(9-10-20-3)18(2)12-17(19)16-8-7-14-5-4-6-15(14)11-16/h7-8,11,13H,4-6,9-10,12H2,1-3H3. The van der Waals surface area contributed by atoms with Gasteiger partial charge in [0.15, 0.2) is 5.78 Å². The summed E-state index contributed by atoms with van der Waals surface area (Å²) in [6, 6.07) is 6.73. The smallest absolute Gasteiger partial charge is 0.176 e. The van der Waals surface area contributed by atoms with Crippen LogP contribution in [-0.4, -0.2) is 42.3 Å². The van der Waals surface area contributed by atoms with E-state index >= 15 is 0 Å². The molecule has 0 radical (unpaired) electrons. The number of likely N-dealkylation sites (N-methyl/N-ethyl adjacent to an activating group) is 1. The zero-order valence-electron chi connectivity index (χ0n) is 12.8. The fourth-order valence-corrected chi connectivity index (χ4v) is 3.30. The van der Waals surface area contributed by atoms with E-state index in [1.807, 2.05) is 17.8 Å². The van der Waals surface area contributed by atoms with E-state index in [0.717, 1.165) is 24.2 Å². The molecule has 0 aliphatic heterocycles. The quantitative estimate of drug-likeness (QED) is 0.718. The van der Waals surface area contributed by atoms with Gasteiger partial charge in [0.25, 0.3) is 0 Å². The molecule has 1 aliphatic rings. The Morgan fingerprint density at radius 2 is 2.10 bits per heavy atom. The van der Waals surface area contributed by atoms with Crippen LogP contribution in [0.4, 0.5) is 0 Å². The maximum Gasteiger partial charge on any atom is 0.176 e. The van der Waals surface area contributed by atoms with E-state index in [4.69, 9.17) is 0 Å². The van der Waals surface area contributed by atoms with Crippen LogP contribution < -0.4 is 0 Å². The van der Waals surface area contributed by atoms with Gasteiger partial charge in [0.1, 0.15) is 0 Å². The molecular weight excluding hydrogens is 266 g/mol. The molecular formula is C17H25NOS. The van der Waals surface area contributed by atoms with Crippen LogP contribution >= 0.6 is 11.8 Å². The molecule has 0 bridgehead atoms. The van der Waals surface area contributed by atoms with Gasteiger partial charge in [0.05, 0.1) is 6.54 Å². The summed E-state index contributed by atoms with van der Waals surface area (Å²) in [6.45, 7) is 2.72. The van der Waals surface area contributed by atoms with Crippen LogP contribution in [0.3, 0.4) is 0 Å². The van der Waals surface area contributed by atoms with E-state index in [0.29, 0.717) is 12.6 Å². The number of hydrogen-bond acceptors (Lipinski definition) is 3. The third kappa shape index (κ3) is 3.86. The number of aryl methyl sites for hydroxylation is 2. The Morgan fingerprint density at radius 1 is 1.35 bits per heavy atom. The minimum absolute atomic E-state index is 0.248. The summed E-state index contributed by atoms with van der Waals surface area (Å²) in [5.74, 6) is 1.40. The summed E-state index contributed by atoms with van der Waals surface area (Å²) in [5, 5.41) is 0. The molecule has 0 heterocycles. The highest BCUT2D eigenvalue weighted by Gasteiger charge is 2.17. The molecule has 1 aromatic rings. The lowest BCUT2D eigenvalue weighted by atomic mass is 10.0. The highest BCUT2D eigenvalue weighted by molar-refractivity contribution is 7.98. The van der Waals surface area contributed by atoms with Gasteiger partial charge in [-0.2, -0.15) is 11.8 Å². The van der Waals surface area contributed by atoms with Crippen molar-refractivity contribution in [1.82, 2.24) is 4.90 Å². The molecule has 1 aromatic carbocycles. The second-order valence-corrected chi connectivity index (χ2v) is 6.79. The van der Waals surface area contributed by atoms with Gasteiger partial charge < -0.3 is 0 Å². The maximum absolute atomic E-state index is 12.4. The number of fused-ring (bicyclic) bond motifs is 1. The third-order valence-electron chi connectivity index (χ3n) is 4.31. The molecule has 0 N–H and O–H groups in total. The number of hydrogen-bond donors (Lipinski definition) is 0. The molecule has 20 heavy (non-hydrogen) atoms. The van der Waals surface area contributed by atoms with Gasteiger partial charge in [-0.05, 0) is 68.9 Å². The summed E-state index contributed by atoms with van der Waals surface area (Å²) in [7, 11) is 2.05. The van der Waals surface area contributed by atoms with Crippen molar-refractivity contribution >= 4 is 17.5 Å². The first kappa shape index (κ1) is 15.6. The fraction of sp³-hybridized carbons (Fsp3) is 0.588. The lowest BCUT2D eigenvalue weighted by Crippen LogP contribution is -2.34. The van der Waals surface area contributed by atoms with Crippen molar-refractivity contribution in [2.24, 2.45) is 0 Å². The van der Waals surface area contributed by atoms with Crippen LogP contribution in [-0.2, 0) is 12.8 Å². The number of ketones is 1. The van der Waals surface area contributed by atoms with Crippen LogP contribution in [0, 0.1) is 0 Å². The first-order valence-electron chi connectivity index (χ1n) is 7.46. The molecule has 0 aromatic heterocycles. The lowest BCUT2D eigenvalue weighted by molar-refractivity contribution is 0.0923. The first-order chi connectivity index (χ1) is 9.61. The number of carbonyl (C=O) groups is 1. The molecule has 3 heteroatoms. The Balaban J connectivity index is 1.94. The van der Waals surface area contributed by atoms with Gasteiger partial charge in [-0.1, -0.05) is 12.1 Å². The molecule has 1 aliphatic carbocycles. The van der Waals surface area contributed by atoms with Gasteiger partial charge >= 0.3 is 0 Å². The van der Waals surface area contributed by atoms with Crippen molar-refractivity contribution in [3.63, 3.8) is 0 Å². The van der Waals surface area contributed by atoms with Crippen molar-refractivity contribution in [2.75, 3.05) is 25.6 Å². The van der Waals surface area contributed by atoms with Crippen molar-refractivity contribution < 1.29 is 4.79 Å². The van der Waals surface area contributed by atoms with Crippen molar-refractivity contribution in [3.05, 3.63) is 34.9 Å². The summed E-state index contributed by atoms with van der Waals surface area (Å²) in [4.78, 5) is 14.6. The summed E-state index contributed by atoms with van der Waals surface area (Å²) >= 11 is 1.86. The Hall–Kier alpha value is -0.800. The van der Waals surface area contributed by atoms with Gasteiger partial charge in [-0.15, -0.1) is 0 Å². The zero-order valence-corrected chi connectivity index (χ0v) is 13.6. The maximum atomic E-state index is 12.4. The van der Waals surface area contributed by atoms with E-state index in [1.165, 1.54) is 24.0 Å². The Labute approximate surface area is 126 Å². The molecule has 0 saturated carbocycles. The molecule has 0 amide bonds. The van der Waals surface area contributed by atoms with Crippen LogP contribution in [0.1, 0.15) is 41.3 Å². The number of Topliss-reactive ketones (excluding diaryl/α,β-unsaturated/α-hetero) is 1. The minimum atomic E-state index is 0.248. The minimum Gasteiger partial charge on any atom is -0.296 e. The molecule has 1 unspecified atom stereocenters. The van der Waals surface area contributed by atoms with Gasteiger partial charge in [0.2, 0.25) is 0 Å². The van der Waals surface area contributed by atoms with E-state index in [9.17, 15) is 4.79 Å². The van der Waals surface area contributed by atoms with Gasteiger partial charge in [-0.3, -0.25) is 9.69 Å². The fourth-order valence-electron chi connectivity index (χ4n) is 2.73. The van der Waals surface area contributed by atoms with Crippen LogP contribution in [0.5, 0.6) is 0 Å². The number of benzene rings is 1. The molecule has 0 saturated heterocycles. The second kappa shape index (κ2) is 7.28. The topological polar surface area (TPSA) is 20.3 Å². The van der Waals surface area contributed by atoms with E-state index in [2.05, 4.69) is 37.3 Å².